The van der Waals surface area contributed by atoms with Gasteiger partial charge in [0.05, 0.1) is 29.2 Å². The number of fused-ring (bicyclic) bond motifs is 1. The van der Waals surface area contributed by atoms with Crippen LogP contribution in [0.3, 0.4) is 0 Å². The average molecular weight is 433 g/mol. The van der Waals surface area contributed by atoms with Crippen molar-refractivity contribution in [2.45, 2.75) is 39.2 Å². The van der Waals surface area contributed by atoms with Crippen molar-refractivity contribution in [2.24, 2.45) is 5.92 Å². The van der Waals surface area contributed by atoms with E-state index in [1.165, 1.54) is 4.88 Å². The van der Waals surface area contributed by atoms with Gasteiger partial charge in [-0.15, -0.1) is 11.3 Å². The number of thiazole rings is 1. The number of aryl methyl sites for hydroxylation is 2. The van der Waals surface area contributed by atoms with Gasteiger partial charge < -0.3 is 10.1 Å². The molecule has 4 aromatic rings. The second kappa shape index (κ2) is 8.55. The standard InChI is InChI=1S/C23H24N6OS/c1-14-27-22(26-13-17-12-25-15(2)31-17)11-23(28-14)30-9-7-16-10-18(16)19-5-6-20-21(29-19)4-3-8-24-20/h3-6,8,11-12,16,18H,7,9-10,13H2,1-2H3,(H,26,27,28)/t16-,18-/m0/s1. The molecule has 7 nitrogen and oxygen atoms in total. The predicted octanol–water partition coefficient (Wildman–Crippen LogP) is 4.68. The van der Waals surface area contributed by atoms with Crippen molar-refractivity contribution in [2.75, 3.05) is 11.9 Å². The van der Waals surface area contributed by atoms with E-state index in [-0.39, 0.29) is 0 Å². The second-order valence-corrected chi connectivity index (χ2v) is 9.17. The summed E-state index contributed by atoms with van der Waals surface area (Å²) in [6.45, 7) is 5.22. The first-order chi connectivity index (χ1) is 15.1. The van der Waals surface area contributed by atoms with Gasteiger partial charge in [-0.05, 0) is 56.9 Å². The van der Waals surface area contributed by atoms with Crippen LogP contribution < -0.4 is 10.1 Å². The van der Waals surface area contributed by atoms with E-state index < -0.39 is 0 Å². The average Bonchev–Trinajstić information content (AvgIpc) is 3.42. The predicted molar refractivity (Wildman–Crippen MR) is 121 cm³/mol. The maximum Gasteiger partial charge on any atom is 0.218 e. The molecule has 0 unspecified atom stereocenters. The van der Waals surface area contributed by atoms with Crippen molar-refractivity contribution in [3.8, 4) is 5.88 Å². The van der Waals surface area contributed by atoms with E-state index in [1.807, 2.05) is 38.2 Å². The lowest BCUT2D eigenvalue weighted by atomic mass is 10.1. The monoisotopic (exact) mass is 432 g/mol. The fourth-order valence-corrected chi connectivity index (χ4v) is 4.53. The number of ether oxygens (including phenoxy) is 1. The number of nitrogens with one attached hydrogen (secondary N) is 1. The highest BCUT2D eigenvalue weighted by molar-refractivity contribution is 7.11. The molecule has 1 aliphatic rings. The van der Waals surface area contributed by atoms with E-state index in [9.17, 15) is 0 Å². The van der Waals surface area contributed by atoms with Crippen molar-refractivity contribution < 1.29 is 4.74 Å². The molecule has 1 fully saturated rings. The normalized spacial score (nSPS) is 17.6. The Hall–Kier alpha value is -3.13. The number of anilines is 1. The Morgan fingerprint density at radius 1 is 1.10 bits per heavy atom. The summed E-state index contributed by atoms with van der Waals surface area (Å²) in [5.74, 6) is 3.20. The smallest absolute Gasteiger partial charge is 0.218 e. The van der Waals surface area contributed by atoms with E-state index in [0.29, 0.717) is 36.7 Å². The number of rotatable bonds is 8. The van der Waals surface area contributed by atoms with Gasteiger partial charge in [0.1, 0.15) is 11.6 Å². The lowest BCUT2D eigenvalue weighted by molar-refractivity contribution is 0.289. The van der Waals surface area contributed by atoms with Crippen LogP contribution in [0.25, 0.3) is 11.0 Å². The number of aromatic nitrogens is 5. The molecule has 8 heteroatoms. The van der Waals surface area contributed by atoms with Gasteiger partial charge in [-0.3, -0.25) is 9.97 Å². The Labute approximate surface area is 185 Å². The molecule has 1 N–H and O–H groups in total. The topological polar surface area (TPSA) is 85.7 Å². The van der Waals surface area contributed by atoms with Crippen molar-refractivity contribution in [1.29, 1.82) is 0 Å². The summed E-state index contributed by atoms with van der Waals surface area (Å²) in [4.78, 5) is 23.5. The van der Waals surface area contributed by atoms with E-state index in [1.54, 1.807) is 17.5 Å². The summed E-state index contributed by atoms with van der Waals surface area (Å²) in [5, 5.41) is 4.40. The largest absolute Gasteiger partial charge is 0.478 e. The molecule has 158 valence electrons. The van der Waals surface area contributed by atoms with E-state index in [2.05, 4.69) is 37.4 Å². The third kappa shape index (κ3) is 4.80. The van der Waals surface area contributed by atoms with Crippen LogP contribution in [-0.2, 0) is 6.54 Å². The van der Waals surface area contributed by atoms with E-state index in [4.69, 9.17) is 9.72 Å². The van der Waals surface area contributed by atoms with Crippen molar-refractivity contribution in [3.05, 3.63) is 64.1 Å². The first-order valence-corrected chi connectivity index (χ1v) is 11.3. The molecule has 4 aromatic heterocycles. The van der Waals surface area contributed by atoms with Crippen LogP contribution in [0, 0.1) is 19.8 Å². The highest BCUT2D eigenvalue weighted by Gasteiger charge is 2.39. The zero-order valence-corrected chi connectivity index (χ0v) is 18.4. The number of hydrogen-bond acceptors (Lipinski definition) is 8. The first kappa shape index (κ1) is 19.8. The Kier molecular flexibility index (Phi) is 5.46. The number of hydrogen-bond donors (Lipinski definition) is 1. The van der Waals surface area contributed by atoms with Gasteiger partial charge in [0.2, 0.25) is 5.88 Å². The third-order valence-electron chi connectivity index (χ3n) is 5.45. The molecule has 4 heterocycles. The highest BCUT2D eigenvalue weighted by atomic mass is 32.1. The Balaban J connectivity index is 1.14. The fraction of sp³-hybridized carbons (Fsp3) is 0.348. The van der Waals surface area contributed by atoms with Crippen LogP contribution >= 0.6 is 11.3 Å². The van der Waals surface area contributed by atoms with Gasteiger partial charge in [-0.2, -0.15) is 4.98 Å². The first-order valence-electron chi connectivity index (χ1n) is 10.5. The SMILES string of the molecule is Cc1nc(NCc2cnc(C)s2)cc(OCC[C@H]2C[C@@H]2c2ccc3ncccc3n2)n1. The molecule has 31 heavy (non-hydrogen) atoms. The highest BCUT2D eigenvalue weighted by Crippen LogP contribution is 2.49. The van der Waals surface area contributed by atoms with Crippen LogP contribution in [0.2, 0.25) is 0 Å². The van der Waals surface area contributed by atoms with Gasteiger partial charge in [-0.25, -0.2) is 9.97 Å². The van der Waals surface area contributed by atoms with Gasteiger partial charge in [0.15, 0.2) is 0 Å². The molecule has 1 saturated carbocycles. The molecule has 0 radical (unpaired) electrons. The minimum absolute atomic E-state index is 0.514. The molecule has 2 atom stereocenters. The Morgan fingerprint density at radius 2 is 2.03 bits per heavy atom. The van der Waals surface area contributed by atoms with Gasteiger partial charge >= 0.3 is 0 Å². The van der Waals surface area contributed by atoms with Crippen LogP contribution in [0.15, 0.2) is 42.7 Å². The summed E-state index contributed by atoms with van der Waals surface area (Å²) in [7, 11) is 0. The van der Waals surface area contributed by atoms with E-state index >= 15 is 0 Å². The van der Waals surface area contributed by atoms with Gasteiger partial charge in [0, 0.05) is 34.9 Å². The minimum atomic E-state index is 0.514. The maximum absolute atomic E-state index is 5.96. The molecule has 0 spiro atoms. The summed E-state index contributed by atoms with van der Waals surface area (Å²) < 4.78 is 5.96. The molecule has 0 aliphatic heterocycles. The van der Waals surface area contributed by atoms with Crippen LogP contribution in [0.1, 0.15) is 40.2 Å². The van der Waals surface area contributed by atoms with Gasteiger partial charge in [0.25, 0.3) is 0 Å². The molecule has 1 aliphatic carbocycles. The van der Waals surface area contributed by atoms with Crippen molar-refractivity contribution in [1.82, 2.24) is 24.9 Å². The minimum Gasteiger partial charge on any atom is -0.478 e. The molecular weight excluding hydrogens is 408 g/mol. The van der Waals surface area contributed by atoms with Gasteiger partial charge in [-0.1, -0.05) is 0 Å². The molecular formula is C23H24N6OS. The fourth-order valence-electron chi connectivity index (χ4n) is 3.79. The summed E-state index contributed by atoms with van der Waals surface area (Å²) in [6.07, 6.45) is 5.85. The Morgan fingerprint density at radius 3 is 2.90 bits per heavy atom. The molecule has 0 amide bonds. The van der Waals surface area contributed by atoms with Crippen LogP contribution in [0.4, 0.5) is 5.82 Å². The van der Waals surface area contributed by atoms with Crippen LogP contribution in [0.5, 0.6) is 5.88 Å². The number of nitrogens with zero attached hydrogens (tertiary/aromatic N) is 5. The Bertz CT molecular complexity index is 1210. The van der Waals surface area contributed by atoms with Crippen LogP contribution in [-0.4, -0.2) is 31.5 Å². The summed E-state index contributed by atoms with van der Waals surface area (Å²) >= 11 is 1.68. The third-order valence-corrected chi connectivity index (χ3v) is 6.36. The molecule has 0 bridgehead atoms. The maximum atomic E-state index is 5.96. The quantitative estimate of drug-likeness (QED) is 0.433. The molecule has 5 rings (SSSR count). The zero-order chi connectivity index (χ0) is 21.2. The van der Waals surface area contributed by atoms with Crippen molar-refractivity contribution in [3.63, 3.8) is 0 Å². The lowest BCUT2D eigenvalue weighted by Gasteiger charge is -2.09. The molecule has 0 saturated heterocycles. The summed E-state index contributed by atoms with van der Waals surface area (Å²) in [5.41, 5.74) is 3.07. The summed E-state index contributed by atoms with van der Waals surface area (Å²) in [6, 6.07) is 9.99. The molecule has 0 aromatic carbocycles. The number of pyridine rings is 2. The van der Waals surface area contributed by atoms with E-state index in [0.717, 1.165) is 40.4 Å². The van der Waals surface area contributed by atoms with Crippen molar-refractivity contribution >= 4 is 28.2 Å². The second-order valence-electron chi connectivity index (χ2n) is 7.85. The zero-order valence-electron chi connectivity index (χ0n) is 17.6. The lowest BCUT2D eigenvalue weighted by Crippen LogP contribution is -2.06.